The van der Waals surface area contributed by atoms with Crippen molar-refractivity contribution in [3.8, 4) is 11.1 Å². The van der Waals surface area contributed by atoms with Gasteiger partial charge in [0.05, 0.1) is 0 Å². The van der Waals surface area contributed by atoms with Gasteiger partial charge in [-0.3, -0.25) is 9.69 Å². The van der Waals surface area contributed by atoms with E-state index >= 15 is 0 Å². The number of esters is 1. The summed E-state index contributed by atoms with van der Waals surface area (Å²) in [6.07, 6.45) is -1.04. The lowest BCUT2D eigenvalue weighted by atomic mass is 9.98. The summed E-state index contributed by atoms with van der Waals surface area (Å²) in [6, 6.07) is 14.9. The van der Waals surface area contributed by atoms with Gasteiger partial charge in [0.2, 0.25) is 0 Å². The summed E-state index contributed by atoms with van der Waals surface area (Å²) in [4.78, 5) is 37.6. The van der Waals surface area contributed by atoms with Gasteiger partial charge in [0.15, 0.2) is 0 Å². The number of aliphatic carboxylic acids is 1. The van der Waals surface area contributed by atoms with E-state index in [0.717, 1.165) is 27.2 Å². The van der Waals surface area contributed by atoms with Gasteiger partial charge < -0.3 is 14.6 Å². The average Bonchev–Trinajstić information content (AvgIpc) is 3.04. The van der Waals surface area contributed by atoms with E-state index in [9.17, 15) is 14.4 Å². The lowest BCUT2D eigenvalue weighted by Crippen LogP contribution is -2.46. The molecule has 1 unspecified atom stereocenters. The van der Waals surface area contributed by atoms with Gasteiger partial charge in [0.1, 0.15) is 18.2 Å². The Morgan fingerprint density at radius 3 is 2.03 bits per heavy atom. The Labute approximate surface area is 187 Å². The van der Waals surface area contributed by atoms with Crippen molar-refractivity contribution < 1.29 is 29.0 Å². The van der Waals surface area contributed by atoms with Crippen LogP contribution in [0.3, 0.4) is 0 Å². The van der Waals surface area contributed by atoms with E-state index in [2.05, 4.69) is 0 Å². The molecule has 2 aromatic carbocycles. The van der Waals surface area contributed by atoms with Crippen LogP contribution in [0.2, 0.25) is 0 Å². The molecule has 1 atom stereocenters. The number of carbonyl (C=O) groups excluding carboxylic acids is 2. The lowest BCUT2D eigenvalue weighted by Gasteiger charge is -2.29. The molecule has 0 radical (unpaired) electrons. The number of rotatable bonds is 7. The fraction of sp³-hybridized carbons (Fsp3) is 0.400. The molecule has 32 heavy (non-hydrogen) atoms. The highest BCUT2D eigenvalue weighted by Gasteiger charge is 2.34. The van der Waals surface area contributed by atoms with Gasteiger partial charge in [-0.2, -0.15) is 0 Å². The van der Waals surface area contributed by atoms with Crippen LogP contribution in [0.4, 0.5) is 4.79 Å². The lowest BCUT2D eigenvalue weighted by molar-refractivity contribution is -0.160. The number of hydrogen-bond donors (Lipinski definition) is 1. The summed E-state index contributed by atoms with van der Waals surface area (Å²) in [7, 11) is 1.43. The standard InChI is InChI=1S/C25H29NO6/c1-25(2,3)32-23(29)21(13-14-22(27)28)26(4)24(30)31-15-20-18-11-7-5-9-16(18)17-10-6-8-12-19(17)20/h5-12,20-21H,13-15H2,1-4H3,(H,27,28). The third kappa shape index (κ3) is 5.28. The highest BCUT2D eigenvalue weighted by Crippen LogP contribution is 2.44. The number of likely N-dealkylation sites (N-methyl/N-ethyl adjacent to an activating group) is 1. The van der Waals surface area contributed by atoms with Crippen LogP contribution in [0.5, 0.6) is 0 Å². The molecule has 3 rings (SSSR count). The first-order valence-corrected chi connectivity index (χ1v) is 10.6. The first kappa shape index (κ1) is 23.3. The number of carbonyl (C=O) groups is 3. The van der Waals surface area contributed by atoms with Crippen molar-refractivity contribution in [1.82, 2.24) is 4.90 Å². The summed E-state index contributed by atoms with van der Waals surface area (Å²) < 4.78 is 11.0. The molecule has 1 amide bonds. The average molecular weight is 440 g/mol. The van der Waals surface area contributed by atoms with Crippen molar-refractivity contribution in [3.63, 3.8) is 0 Å². The maximum atomic E-state index is 12.8. The Morgan fingerprint density at radius 2 is 1.53 bits per heavy atom. The smallest absolute Gasteiger partial charge is 0.410 e. The molecule has 0 fully saturated rings. The molecule has 0 aromatic heterocycles. The monoisotopic (exact) mass is 439 g/mol. The third-order valence-electron chi connectivity index (χ3n) is 5.40. The molecule has 1 aliphatic rings. The predicted molar refractivity (Wildman–Crippen MR) is 119 cm³/mol. The summed E-state index contributed by atoms with van der Waals surface area (Å²) >= 11 is 0. The molecule has 0 bridgehead atoms. The van der Waals surface area contributed by atoms with Crippen molar-refractivity contribution in [1.29, 1.82) is 0 Å². The van der Waals surface area contributed by atoms with Crippen molar-refractivity contribution in [2.24, 2.45) is 0 Å². The maximum Gasteiger partial charge on any atom is 0.410 e. The Kier molecular flexibility index (Phi) is 6.87. The van der Waals surface area contributed by atoms with Crippen LogP contribution >= 0.6 is 0 Å². The van der Waals surface area contributed by atoms with Crippen molar-refractivity contribution in [2.45, 2.75) is 51.2 Å². The zero-order valence-corrected chi connectivity index (χ0v) is 18.8. The highest BCUT2D eigenvalue weighted by atomic mass is 16.6. The van der Waals surface area contributed by atoms with E-state index in [4.69, 9.17) is 14.6 Å². The van der Waals surface area contributed by atoms with E-state index in [1.165, 1.54) is 7.05 Å². The van der Waals surface area contributed by atoms with Crippen LogP contribution < -0.4 is 0 Å². The van der Waals surface area contributed by atoms with Gasteiger partial charge in [-0.05, 0) is 49.4 Å². The van der Waals surface area contributed by atoms with Crippen molar-refractivity contribution in [3.05, 3.63) is 59.7 Å². The second kappa shape index (κ2) is 9.42. The van der Waals surface area contributed by atoms with Gasteiger partial charge >= 0.3 is 18.0 Å². The molecule has 7 nitrogen and oxygen atoms in total. The van der Waals surface area contributed by atoms with Gasteiger partial charge in [-0.15, -0.1) is 0 Å². The molecule has 0 aliphatic heterocycles. The number of fused-ring (bicyclic) bond motifs is 3. The van der Waals surface area contributed by atoms with E-state index in [1.54, 1.807) is 20.8 Å². The molecule has 0 spiro atoms. The molecular formula is C25H29NO6. The molecular weight excluding hydrogens is 410 g/mol. The minimum Gasteiger partial charge on any atom is -0.481 e. The topological polar surface area (TPSA) is 93.1 Å². The second-order valence-corrected chi connectivity index (χ2v) is 8.90. The fourth-order valence-electron chi connectivity index (χ4n) is 3.92. The molecule has 170 valence electrons. The fourth-order valence-corrected chi connectivity index (χ4v) is 3.92. The summed E-state index contributed by atoms with van der Waals surface area (Å²) in [5.74, 6) is -1.83. The number of carboxylic acid groups (broad SMARTS) is 1. The van der Waals surface area contributed by atoms with E-state index < -0.39 is 29.7 Å². The largest absolute Gasteiger partial charge is 0.481 e. The SMILES string of the molecule is CN(C(=O)OCC1c2ccccc2-c2ccccc21)C(CCC(=O)O)C(=O)OC(C)(C)C. The van der Waals surface area contributed by atoms with Crippen LogP contribution in [-0.4, -0.2) is 53.3 Å². The van der Waals surface area contributed by atoms with Crippen LogP contribution in [0, 0.1) is 0 Å². The first-order chi connectivity index (χ1) is 15.1. The normalized spacial score (nSPS) is 13.6. The third-order valence-corrected chi connectivity index (χ3v) is 5.40. The van der Waals surface area contributed by atoms with Gasteiger partial charge in [-0.1, -0.05) is 48.5 Å². The minimum absolute atomic E-state index is 0.0645. The molecule has 7 heteroatoms. The highest BCUT2D eigenvalue weighted by molar-refractivity contribution is 5.83. The van der Waals surface area contributed by atoms with Gasteiger partial charge in [0.25, 0.3) is 0 Å². The zero-order valence-electron chi connectivity index (χ0n) is 18.8. The summed E-state index contributed by atoms with van der Waals surface area (Å²) in [6.45, 7) is 5.25. The number of carboxylic acids is 1. The van der Waals surface area contributed by atoms with E-state index in [1.807, 2.05) is 48.5 Å². The Bertz CT molecular complexity index is 964. The molecule has 0 saturated carbocycles. The number of ether oxygens (including phenoxy) is 2. The Morgan fingerprint density at radius 1 is 1.00 bits per heavy atom. The van der Waals surface area contributed by atoms with Gasteiger partial charge in [0, 0.05) is 19.4 Å². The van der Waals surface area contributed by atoms with E-state index in [-0.39, 0.29) is 25.4 Å². The maximum absolute atomic E-state index is 12.8. The predicted octanol–water partition coefficient (Wildman–Crippen LogP) is 4.44. The molecule has 0 saturated heterocycles. The molecule has 1 aliphatic carbocycles. The minimum atomic E-state index is -1.06. The molecule has 1 N–H and O–H groups in total. The second-order valence-electron chi connectivity index (χ2n) is 8.90. The summed E-state index contributed by atoms with van der Waals surface area (Å²) in [5.41, 5.74) is 3.63. The number of nitrogens with zero attached hydrogens (tertiary/aromatic N) is 1. The number of benzene rings is 2. The van der Waals surface area contributed by atoms with Crippen LogP contribution in [0.15, 0.2) is 48.5 Å². The quantitative estimate of drug-likeness (QED) is 0.641. The zero-order chi connectivity index (χ0) is 23.5. The van der Waals surface area contributed by atoms with Crippen LogP contribution in [-0.2, 0) is 19.1 Å². The van der Waals surface area contributed by atoms with Crippen molar-refractivity contribution >= 4 is 18.0 Å². The Balaban J connectivity index is 1.73. The molecule has 0 heterocycles. The first-order valence-electron chi connectivity index (χ1n) is 10.6. The number of hydrogen-bond acceptors (Lipinski definition) is 5. The molecule has 2 aromatic rings. The van der Waals surface area contributed by atoms with Crippen LogP contribution in [0.1, 0.15) is 50.7 Å². The number of amides is 1. The van der Waals surface area contributed by atoms with E-state index in [0.29, 0.717) is 0 Å². The van der Waals surface area contributed by atoms with Crippen molar-refractivity contribution in [2.75, 3.05) is 13.7 Å². The van der Waals surface area contributed by atoms with Crippen LogP contribution in [0.25, 0.3) is 11.1 Å². The Hall–Kier alpha value is -3.35. The summed E-state index contributed by atoms with van der Waals surface area (Å²) in [5, 5.41) is 9.04. The van der Waals surface area contributed by atoms with Gasteiger partial charge in [-0.25, -0.2) is 9.59 Å².